The molecule has 0 aliphatic carbocycles. The fraction of sp³-hybridized carbons (Fsp3) is 0.778. The Bertz CT molecular complexity index is 230. The number of nitrogens with one attached hydrogen (secondary N) is 1. The summed E-state index contributed by atoms with van der Waals surface area (Å²) in [5.41, 5.74) is -0.230. The molecule has 3 nitrogen and oxygen atoms in total. The molecule has 0 aromatic heterocycles. The van der Waals surface area contributed by atoms with Gasteiger partial charge < -0.3 is 5.32 Å². The molecule has 1 aliphatic heterocycles. The highest BCUT2D eigenvalue weighted by atomic mass is 32.2. The van der Waals surface area contributed by atoms with Crippen molar-refractivity contribution in [3.8, 4) is 0 Å². The normalized spacial score (nSPS) is 16.7. The molecule has 74 valence electrons. The van der Waals surface area contributed by atoms with Gasteiger partial charge in [0.1, 0.15) is 5.78 Å². The summed E-state index contributed by atoms with van der Waals surface area (Å²) in [5, 5.41) is 4.04. The van der Waals surface area contributed by atoms with Crippen molar-refractivity contribution in [1.29, 1.82) is 0 Å². The summed E-state index contributed by atoms with van der Waals surface area (Å²) in [6.07, 6.45) is 0. The molecule has 0 saturated carbocycles. The molecular weight excluding hydrogens is 184 g/mol. The SMILES string of the molecule is CC(C)(C)C(=O)CSC1=NCCN1. The minimum Gasteiger partial charge on any atom is -0.363 e. The van der Waals surface area contributed by atoms with Gasteiger partial charge >= 0.3 is 0 Å². The van der Waals surface area contributed by atoms with E-state index in [1.165, 1.54) is 11.8 Å². The molecular formula is C9H16N2OS. The Labute approximate surface area is 83.4 Å². The molecule has 0 aromatic rings. The summed E-state index contributed by atoms with van der Waals surface area (Å²) in [7, 11) is 0. The Kier molecular flexibility index (Phi) is 3.36. The van der Waals surface area contributed by atoms with Gasteiger partial charge in [0, 0.05) is 12.0 Å². The number of thioether (sulfide) groups is 1. The zero-order valence-electron chi connectivity index (χ0n) is 8.39. The van der Waals surface area contributed by atoms with E-state index in [1.807, 2.05) is 20.8 Å². The van der Waals surface area contributed by atoms with E-state index in [1.54, 1.807) is 0 Å². The van der Waals surface area contributed by atoms with Crippen molar-refractivity contribution >= 4 is 22.7 Å². The molecule has 13 heavy (non-hydrogen) atoms. The quantitative estimate of drug-likeness (QED) is 0.730. The first-order chi connectivity index (χ1) is 6.00. The van der Waals surface area contributed by atoms with Gasteiger partial charge in [-0.1, -0.05) is 32.5 Å². The fourth-order valence-corrected chi connectivity index (χ4v) is 1.91. The highest BCUT2D eigenvalue weighted by molar-refractivity contribution is 8.14. The van der Waals surface area contributed by atoms with Crippen LogP contribution in [0.5, 0.6) is 0 Å². The van der Waals surface area contributed by atoms with Gasteiger partial charge in [0.2, 0.25) is 0 Å². The van der Waals surface area contributed by atoms with Crippen LogP contribution >= 0.6 is 11.8 Å². The first-order valence-corrected chi connectivity index (χ1v) is 5.43. The lowest BCUT2D eigenvalue weighted by Gasteiger charge is -2.15. The first kappa shape index (κ1) is 10.6. The van der Waals surface area contributed by atoms with Crippen molar-refractivity contribution in [2.45, 2.75) is 20.8 Å². The molecule has 0 amide bonds. The molecule has 0 radical (unpaired) electrons. The molecule has 0 atom stereocenters. The van der Waals surface area contributed by atoms with Crippen LogP contribution in [-0.2, 0) is 4.79 Å². The van der Waals surface area contributed by atoms with Gasteiger partial charge in [-0.2, -0.15) is 0 Å². The largest absolute Gasteiger partial charge is 0.363 e. The predicted octanol–water partition coefficient (Wildman–Crippen LogP) is 1.29. The van der Waals surface area contributed by atoms with Gasteiger partial charge in [0.15, 0.2) is 5.17 Å². The van der Waals surface area contributed by atoms with Crippen LogP contribution in [0.15, 0.2) is 4.99 Å². The maximum Gasteiger partial charge on any atom is 0.157 e. The van der Waals surface area contributed by atoms with E-state index >= 15 is 0 Å². The standard InChI is InChI=1S/C9H16N2OS/c1-9(2,3)7(12)6-13-8-10-4-5-11-8/h4-6H2,1-3H3,(H,10,11). The number of rotatable bonds is 2. The van der Waals surface area contributed by atoms with Crippen LogP contribution in [-0.4, -0.2) is 29.8 Å². The molecule has 0 bridgehead atoms. The van der Waals surface area contributed by atoms with E-state index in [9.17, 15) is 4.79 Å². The van der Waals surface area contributed by atoms with Gasteiger partial charge in [0.25, 0.3) is 0 Å². The minimum absolute atomic E-state index is 0.230. The van der Waals surface area contributed by atoms with Crippen molar-refractivity contribution in [3.05, 3.63) is 0 Å². The van der Waals surface area contributed by atoms with Gasteiger partial charge in [-0.05, 0) is 0 Å². The van der Waals surface area contributed by atoms with Gasteiger partial charge in [-0.25, -0.2) is 0 Å². The Morgan fingerprint density at radius 2 is 2.31 bits per heavy atom. The molecule has 0 unspecified atom stereocenters. The van der Waals surface area contributed by atoms with E-state index in [4.69, 9.17) is 0 Å². The summed E-state index contributed by atoms with van der Waals surface area (Å²) in [4.78, 5) is 15.7. The van der Waals surface area contributed by atoms with Gasteiger partial charge in [-0.15, -0.1) is 0 Å². The molecule has 0 aromatic carbocycles. The Morgan fingerprint density at radius 1 is 1.62 bits per heavy atom. The first-order valence-electron chi connectivity index (χ1n) is 4.44. The third-order valence-electron chi connectivity index (χ3n) is 1.82. The number of ketones is 1. The van der Waals surface area contributed by atoms with Crippen molar-refractivity contribution in [3.63, 3.8) is 0 Å². The Hall–Kier alpha value is -0.510. The van der Waals surface area contributed by atoms with Gasteiger partial charge in [-0.3, -0.25) is 9.79 Å². The van der Waals surface area contributed by atoms with Crippen LogP contribution in [0.25, 0.3) is 0 Å². The van der Waals surface area contributed by atoms with Crippen molar-refractivity contribution < 1.29 is 4.79 Å². The Balaban J connectivity index is 2.30. The predicted molar refractivity (Wildman–Crippen MR) is 57.2 cm³/mol. The zero-order valence-corrected chi connectivity index (χ0v) is 9.20. The maximum absolute atomic E-state index is 11.5. The Morgan fingerprint density at radius 3 is 2.77 bits per heavy atom. The second-order valence-electron chi connectivity index (χ2n) is 4.08. The van der Waals surface area contributed by atoms with Crippen molar-refractivity contribution in [1.82, 2.24) is 5.32 Å². The van der Waals surface area contributed by atoms with Crippen LogP contribution in [0.2, 0.25) is 0 Å². The number of carbonyl (C=O) groups excluding carboxylic acids is 1. The highest BCUT2D eigenvalue weighted by Gasteiger charge is 2.21. The molecule has 1 N–H and O–H groups in total. The summed E-state index contributed by atoms with van der Waals surface area (Å²) in [6.45, 7) is 7.58. The minimum atomic E-state index is -0.230. The van der Waals surface area contributed by atoms with Crippen LogP contribution in [0.1, 0.15) is 20.8 Å². The van der Waals surface area contributed by atoms with E-state index < -0.39 is 0 Å². The molecule has 1 rings (SSSR count). The average molecular weight is 200 g/mol. The van der Waals surface area contributed by atoms with E-state index in [-0.39, 0.29) is 11.2 Å². The van der Waals surface area contributed by atoms with E-state index in [0.717, 1.165) is 18.3 Å². The topological polar surface area (TPSA) is 41.5 Å². The van der Waals surface area contributed by atoms with E-state index in [0.29, 0.717) is 5.75 Å². The molecule has 0 spiro atoms. The van der Waals surface area contributed by atoms with Crippen LogP contribution in [0.4, 0.5) is 0 Å². The molecule has 1 heterocycles. The summed E-state index contributed by atoms with van der Waals surface area (Å²) in [5.74, 6) is 0.795. The third-order valence-corrected chi connectivity index (χ3v) is 2.77. The summed E-state index contributed by atoms with van der Waals surface area (Å²) in [6, 6.07) is 0. The third kappa shape index (κ3) is 3.38. The lowest BCUT2D eigenvalue weighted by Crippen LogP contribution is -2.24. The molecule has 4 heteroatoms. The number of hydrogen-bond donors (Lipinski definition) is 1. The highest BCUT2D eigenvalue weighted by Crippen LogP contribution is 2.18. The number of aliphatic imine (C=N–C) groups is 1. The number of hydrogen-bond acceptors (Lipinski definition) is 4. The van der Waals surface area contributed by atoms with Crippen LogP contribution < -0.4 is 5.32 Å². The number of amidine groups is 1. The summed E-state index contributed by atoms with van der Waals surface area (Å²) >= 11 is 1.51. The number of carbonyl (C=O) groups is 1. The number of nitrogens with zero attached hydrogens (tertiary/aromatic N) is 1. The smallest absolute Gasteiger partial charge is 0.157 e. The van der Waals surface area contributed by atoms with Crippen LogP contribution in [0.3, 0.4) is 0 Å². The molecule has 0 saturated heterocycles. The monoisotopic (exact) mass is 200 g/mol. The second-order valence-corrected chi connectivity index (χ2v) is 5.04. The molecule has 0 fully saturated rings. The fourth-order valence-electron chi connectivity index (χ4n) is 0.823. The van der Waals surface area contributed by atoms with Crippen molar-refractivity contribution in [2.75, 3.05) is 18.8 Å². The van der Waals surface area contributed by atoms with Gasteiger partial charge in [0.05, 0.1) is 12.3 Å². The second kappa shape index (κ2) is 4.13. The lowest BCUT2D eigenvalue weighted by atomic mass is 9.92. The van der Waals surface area contributed by atoms with Crippen molar-refractivity contribution in [2.24, 2.45) is 10.4 Å². The zero-order chi connectivity index (χ0) is 9.90. The maximum atomic E-state index is 11.5. The average Bonchev–Trinajstić information content (AvgIpc) is 2.50. The number of Topliss-reactive ketones (excluding diaryl/α,β-unsaturated/α-hetero) is 1. The van der Waals surface area contributed by atoms with Crippen LogP contribution in [0, 0.1) is 5.41 Å². The lowest BCUT2D eigenvalue weighted by molar-refractivity contribution is -0.123. The van der Waals surface area contributed by atoms with E-state index in [2.05, 4.69) is 10.3 Å². The summed E-state index contributed by atoms with van der Waals surface area (Å²) < 4.78 is 0. The molecule has 1 aliphatic rings.